The summed E-state index contributed by atoms with van der Waals surface area (Å²) in [6.45, 7) is 2.20. The number of hydrogen-bond acceptors (Lipinski definition) is 6. The van der Waals surface area contributed by atoms with Crippen molar-refractivity contribution in [2.24, 2.45) is 5.73 Å². The molecule has 0 spiro atoms. The van der Waals surface area contributed by atoms with Crippen LogP contribution < -0.4 is 20.9 Å². The monoisotopic (exact) mass is 587 g/mol. The van der Waals surface area contributed by atoms with E-state index in [-0.39, 0.29) is 36.4 Å². The predicted octanol–water partition coefficient (Wildman–Crippen LogP) is 5.31. The molecule has 6 rings (SSSR count). The second-order valence-corrected chi connectivity index (χ2v) is 11.3. The molecule has 4 heterocycles. The number of anilines is 3. The Morgan fingerprint density at radius 1 is 1.10 bits per heavy atom. The Morgan fingerprint density at radius 3 is 2.69 bits per heavy atom. The number of halogens is 2. The first-order valence-electron chi connectivity index (χ1n) is 13.5. The predicted molar refractivity (Wildman–Crippen MR) is 158 cm³/mol. The lowest BCUT2D eigenvalue weighted by atomic mass is 10.1. The molecular weight excluding hydrogens is 560 g/mol. The number of pyridine rings is 1. The van der Waals surface area contributed by atoms with Crippen molar-refractivity contribution in [3.05, 3.63) is 94.0 Å². The highest BCUT2D eigenvalue weighted by molar-refractivity contribution is 7.17. The Labute approximate surface area is 244 Å². The number of rotatable bonds is 5. The summed E-state index contributed by atoms with van der Waals surface area (Å²) < 4.78 is 28.9. The molecular formula is C31H27F2N5O3S. The Bertz CT molecular complexity index is 1720. The van der Waals surface area contributed by atoms with Gasteiger partial charge in [-0.15, -0.1) is 11.3 Å². The quantitative estimate of drug-likeness (QED) is 0.329. The van der Waals surface area contributed by atoms with Crippen molar-refractivity contribution in [2.75, 3.05) is 28.2 Å². The molecule has 11 heteroatoms. The van der Waals surface area contributed by atoms with Gasteiger partial charge >= 0.3 is 0 Å². The summed E-state index contributed by atoms with van der Waals surface area (Å²) >= 11 is 1.20. The number of carbonyl (C=O) groups excluding carboxylic acids is 3. The third-order valence-corrected chi connectivity index (χ3v) is 8.85. The summed E-state index contributed by atoms with van der Waals surface area (Å²) in [5.41, 5.74) is 8.45. The highest BCUT2D eigenvalue weighted by Crippen LogP contribution is 2.42. The van der Waals surface area contributed by atoms with Crippen LogP contribution in [-0.4, -0.2) is 41.8 Å². The van der Waals surface area contributed by atoms with E-state index in [0.29, 0.717) is 46.8 Å². The van der Waals surface area contributed by atoms with Crippen LogP contribution in [0.3, 0.4) is 0 Å². The highest BCUT2D eigenvalue weighted by Gasteiger charge is 2.33. The number of aromatic nitrogens is 1. The number of hydrogen-bond donors (Lipinski definition) is 2. The number of nitrogens with two attached hydrogens (primary N) is 1. The van der Waals surface area contributed by atoms with Crippen LogP contribution in [0.5, 0.6) is 0 Å². The van der Waals surface area contributed by atoms with Crippen molar-refractivity contribution in [2.45, 2.75) is 32.2 Å². The van der Waals surface area contributed by atoms with Crippen LogP contribution in [0, 0.1) is 18.6 Å². The average molecular weight is 588 g/mol. The van der Waals surface area contributed by atoms with E-state index in [0.717, 1.165) is 10.4 Å². The maximum Gasteiger partial charge on any atom is 0.276 e. The SMILES string of the molecule is Cc1cccc(F)c1NC(=O)c1cc2c(s1)-c1ccc(F)cc1N(C(=O)c1cccc(N3C(=O)CC[C@@H]3CN)n1)CC2. The van der Waals surface area contributed by atoms with Gasteiger partial charge in [-0.05, 0) is 73.4 Å². The van der Waals surface area contributed by atoms with Gasteiger partial charge in [0.05, 0.1) is 22.3 Å². The number of carbonyl (C=O) groups is 3. The Balaban J connectivity index is 1.33. The molecule has 2 aliphatic heterocycles. The molecule has 4 aromatic rings. The van der Waals surface area contributed by atoms with E-state index in [1.807, 2.05) is 0 Å². The summed E-state index contributed by atoms with van der Waals surface area (Å²) in [7, 11) is 0. The largest absolute Gasteiger partial charge is 0.328 e. The fourth-order valence-electron chi connectivity index (χ4n) is 5.50. The second-order valence-electron chi connectivity index (χ2n) is 10.3. The highest BCUT2D eigenvalue weighted by atomic mass is 32.1. The molecule has 214 valence electrons. The second kappa shape index (κ2) is 11.1. The van der Waals surface area contributed by atoms with E-state index in [4.69, 9.17) is 5.73 Å². The maximum atomic E-state index is 14.6. The van der Waals surface area contributed by atoms with E-state index < -0.39 is 23.4 Å². The molecule has 1 atom stereocenters. The zero-order chi connectivity index (χ0) is 29.5. The van der Waals surface area contributed by atoms with Crippen LogP contribution in [-0.2, 0) is 11.2 Å². The molecule has 42 heavy (non-hydrogen) atoms. The van der Waals surface area contributed by atoms with Gasteiger partial charge < -0.3 is 16.0 Å². The number of nitrogens with one attached hydrogen (secondary N) is 1. The summed E-state index contributed by atoms with van der Waals surface area (Å²) in [4.78, 5) is 48.1. The average Bonchev–Trinajstić information content (AvgIpc) is 3.54. The smallest absolute Gasteiger partial charge is 0.276 e. The van der Waals surface area contributed by atoms with Crippen LogP contribution in [0.1, 0.15) is 44.1 Å². The molecule has 2 aliphatic rings. The molecule has 1 fully saturated rings. The molecule has 0 aliphatic carbocycles. The molecule has 3 amide bonds. The number of fused-ring (bicyclic) bond motifs is 3. The Kier molecular flexibility index (Phi) is 7.29. The van der Waals surface area contributed by atoms with Gasteiger partial charge in [-0.2, -0.15) is 0 Å². The summed E-state index contributed by atoms with van der Waals surface area (Å²) in [5.74, 6) is -1.68. The van der Waals surface area contributed by atoms with Crippen molar-refractivity contribution in [1.29, 1.82) is 0 Å². The minimum atomic E-state index is -0.526. The summed E-state index contributed by atoms with van der Waals surface area (Å²) in [5, 5.41) is 2.67. The van der Waals surface area contributed by atoms with E-state index >= 15 is 0 Å². The molecule has 0 radical (unpaired) electrons. The minimum Gasteiger partial charge on any atom is -0.328 e. The first-order valence-corrected chi connectivity index (χ1v) is 14.4. The minimum absolute atomic E-state index is 0.0980. The van der Waals surface area contributed by atoms with Crippen molar-refractivity contribution in [3.8, 4) is 10.4 Å². The number of benzene rings is 2. The third kappa shape index (κ3) is 4.94. The fourth-order valence-corrected chi connectivity index (χ4v) is 6.64. The molecule has 0 unspecified atom stereocenters. The van der Waals surface area contributed by atoms with Crippen LogP contribution in [0.4, 0.5) is 26.0 Å². The van der Waals surface area contributed by atoms with E-state index in [9.17, 15) is 23.2 Å². The van der Waals surface area contributed by atoms with Gasteiger partial charge in [0.15, 0.2) is 0 Å². The van der Waals surface area contributed by atoms with E-state index in [1.165, 1.54) is 34.4 Å². The third-order valence-electron chi connectivity index (χ3n) is 7.64. The first-order chi connectivity index (χ1) is 20.2. The lowest BCUT2D eigenvalue weighted by molar-refractivity contribution is -0.117. The Hall–Kier alpha value is -4.48. The van der Waals surface area contributed by atoms with Gasteiger partial charge in [0.2, 0.25) is 5.91 Å². The zero-order valence-electron chi connectivity index (χ0n) is 22.7. The van der Waals surface area contributed by atoms with E-state index in [2.05, 4.69) is 10.3 Å². The van der Waals surface area contributed by atoms with Gasteiger partial charge in [0, 0.05) is 30.0 Å². The van der Waals surface area contributed by atoms with Gasteiger partial charge in [0.1, 0.15) is 23.1 Å². The van der Waals surface area contributed by atoms with E-state index in [1.54, 1.807) is 54.3 Å². The van der Waals surface area contributed by atoms with Gasteiger partial charge in [0.25, 0.3) is 11.8 Å². The summed E-state index contributed by atoms with van der Waals surface area (Å²) in [6, 6.07) is 15.2. The van der Waals surface area contributed by atoms with Gasteiger partial charge in [-0.1, -0.05) is 18.2 Å². The molecule has 8 nitrogen and oxygen atoms in total. The molecule has 2 aromatic heterocycles. The maximum absolute atomic E-state index is 14.6. The van der Waals surface area contributed by atoms with Crippen molar-refractivity contribution < 1.29 is 23.2 Å². The normalized spacial score (nSPS) is 16.2. The van der Waals surface area contributed by atoms with Crippen LogP contribution in [0.2, 0.25) is 0 Å². The molecule has 2 aromatic carbocycles. The van der Waals surface area contributed by atoms with Crippen LogP contribution in [0.15, 0.2) is 60.7 Å². The van der Waals surface area contributed by atoms with Crippen LogP contribution >= 0.6 is 11.3 Å². The lowest BCUT2D eigenvalue weighted by Crippen LogP contribution is -2.39. The van der Waals surface area contributed by atoms with Gasteiger partial charge in [-0.25, -0.2) is 13.8 Å². The summed E-state index contributed by atoms with van der Waals surface area (Å²) in [6.07, 6.45) is 1.37. The number of amides is 3. The molecule has 0 saturated carbocycles. The van der Waals surface area contributed by atoms with Crippen molar-refractivity contribution in [1.82, 2.24) is 4.98 Å². The molecule has 3 N–H and O–H groups in total. The standard InChI is InChI=1S/C31H27F2N5O3S/c1-17-4-2-5-22(33)28(17)36-30(40)25-14-18-12-13-37(24-15-19(32)8-10-21(24)29(18)42-25)31(41)23-6-3-7-26(35-23)38-20(16-34)9-11-27(38)39/h2-8,10,14-15,20H,9,11-13,16,34H2,1H3,(H,36,40)/t20-/m1/s1. The number of thiophene rings is 1. The van der Waals surface area contributed by atoms with Crippen molar-refractivity contribution >= 4 is 46.3 Å². The van der Waals surface area contributed by atoms with Crippen LogP contribution in [0.25, 0.3) is 10.4 Å². The number of para-hydroxylation sites is 1. The number of aryl methyl sites for hydroxylation is 1. The molecule has 0 bridgehead atoms. The Morgan fingerprint density at radius 2 is 1.90 bits per heavy atom. The first kappa shape index (κ1) is 27.7. The van der Waals surface area contributed by atoms with Crippen molar-refractivity contribution in [3.63, 3.8) is 0 Å². The number of nitrogens with zero attached hydrogens (tertiary/aromatic N) is 3. The fraction of sp³-hybridized carbons (Fsp3) is 0.226. The zero-order valence-corrected chi connectivity index (χ0v) is 23.5. The lowest BCUT2D eigenvalue weighted by Gasteiger charge is -2.25. The topological polar surface area (TPSA) is 109 Å². The molecule has 1 saturated heterocycles. The van der Waals surface area contributed by atoms with Gasteiger partial charge in [-0.3, -0.25) is 19.3 Å².